The molecule has 17 heavy (non-hydrogen) atoms. The van der Waals surface area contributed by atoms with Gasteiger partial charge in [-0.3, -0.25) is 4.79 Å². The van der Waals surface area contributed by atoms with Gasteiger partial charge in [0.2, 0.25) is 5.75 Å². The largest absolute Gasteiger partial charge is 0.489 e. The average molecular weight is 239 g/mol. The second-order valence-electron chi connectivity index (χ2n) is 4.12. The van der Waals surface area contributed by atoms with Crippen molar-refractivity contribution in [1.29, 1.82) is 0 Å². The van der Waals surface area contributed by atoms with Crippen LogP contribution in [-0.2, 0) is 4.74 Å². The topological polar surface area (TPSA) is 76.2 Å². The van der Waals surface area contributed by atoms with E-state index in [0.29, 0.717) is 11.7 Å². The summed E-state index contributed by atoms with van der Waals surface area (Å²) in [5.41, 5.74) is -0.277. The fourth-order valence-corrected chi connectivity index (χ4v) is 1.97. The van der Waals surface area contributed by atoms with E-state index in [0.717, 1.165) is 19.6 Å². The van der Waals surface area contributed by atoms with Gasteiger partial charge in [-0.25, -0.2) is 4.98 Å². The van der Waals surface area contributed by atoms with Gasteiger partial charge in [0.1, 0.15) is 0 Å². The lowest BCUT2D eigenvalue weighted by atomic mass is 10.0. The fourth-order valence-electron chi connectivity index (χ4n) is 1.97. The molecule has 0 radical (unpaired) electrons. The molecule has 1 aliphatic heterocycles. The van der Waals surface area contributed by atoms with E-state index in [2.05, 4.69) is 22.2 Å². The lowest BCUT2D eigenvalue weighted by molar-refractivity contribution is 0.108. The molecular weight excluding hydrogens is 222 g/mol. The normalized spacial score (nSPS) is 23.6. The summed E-state index contributed by atoms with van der Waals surface area (Å²) in [7, 11) is 1.46. The molecule has 1 fully saturated rings. The summed E-state index contributed by atoms with van der Waals surface area (Å²) in [4.78, 5) is 18.0. The van der Waals surface area contributed by atoms with Crippen LogP contribution in [0.2, 0.25) is 0 Å². The summed E-state index contributed by atoms with van der Waals surface area (Å²) in [6, 6.07) is 0. The first kappa shape index (κ1) is 11.9. The molecule has 1 aromatic heterocycles. The van der Waals surface area contributed by atoms with Gasteiger partial charge < -0.3 is 19.8 Å². The Labute approximate surface area is 99.4 Å². The molecule has 0 bridgehead atoms. The number of nitrogens with one attached hydrogen (secondary N) is 2. The molecule has 0 aromatic carbocycles. The number of aromatic nitrogens is 2. The van der Waals surface area contributed by atoms with Crippen molar-refractivity contribution in [3.8, 4) is 5.75 Å². The third-order valence-corrected chi connectivity index (χ3v) is 3.08. The van der Waals surface area contributed by atoms with Crippen molar-refractivity contribution in [1.82, 2.24) is 9.97 Å². The Morgan fingerprint density at radius 1 is 1.71 bits per heavy atom. The lowest BCUT2D eigenvalue weighted by Crippen LogP contribution is -2.22. The molecule has 2 heterocycles. The Morgan fingerprint density at radius 2 is 2.53 bits per heavy atom. The minimum atomic E-state index is -0.277. The van der Waals surface area contributed by atoms with Crippen molar-refractivity contribution in [2.24, 2.45) is 5.92 Å². The molecule has 2 N–H and O–H groups in total. The molecule has 2 rings (SSSR count). The zero-order valence-electron chi connectivity index (χ0n) is 10.0. The highest BCUT2D eigenvalue weighted by Crippen LogP contribution is 2.22. The third-order valence-electron chi connectivity index (χ3n) is 3.08. The van der Waals surface area contributed by atoms with Crippen molar-refractivity contribution in [3.05, 3.63) is 16.7 Å². The SMILES string of the molecule is COc1c(NCC2CCOC2C)nc[nH]c1=O. The summed E-state index contributed by atoms with van der Waals surface area (Å²) >= 11 is 0. The molecule has 0 amide bonds. The predicted octanol–water partition coefficient (Wildman–Crippen LogP) is 0.615. The van der Waals surface area contributed by atoms with Crippen molar-refractivity contribution >= 4 is 5.82 Å². The molecule has 6 nitrogen and oxygen atoms in total. The average Bonchev–Trinajstić information content (AvgIpc) is 2.72. The number of nitrogens with zero attached hydrogens (tertiary/aromatic N) is 1. The maximum Gasteiger partial charge on any atom is 0.295 e. The van der Waals surface area contributed by atoms with Crippen molar-refractivity contribution in [2.45, 2.75) is 19.4 Å². The Balaban J connectivity index is 2.03. The van der Waals surface area contributed by atoms with Crippen LogP contribution in [0.4, 0.5) is 5.82 Å². The number of rotatable bonds is 4. The van der Waals surface area contributed by atoms with Crippen LogP contribution in [0.15, 0.2) is 11.1 Å². The van der Waals surface area contributed by atoms with E-state index in [1.54, 1.807) is 0 Å². The number of hydrogen-bond acceptors (Lipinski definition) is 5. The second-order valence-corrected chi connectivity index (χ2v) is 4.12. The standard InChI is InChI=1S/C11H17N3O3/c1-7-8(3-4-17-7)5-12-10-9(16-2)11(15)14-6-13-10/h6-8H,3-5H2,1-2H3,(H2,12,13,14,15). The zero-order valence-corrected chi connectivity index (χ0v) is 10.0. The molecule has 0 saturated carbocycles. The first-order chi connectivity index (χ1) is 8.22. The van der Waals surface area contributed by atoms with Gasteiger partial charge in [0.15, 0.2) is 5.82 Å². The van der Waals surface area contributed by atoms with Crippen molar-refractivity contribution < 1.29 is 9.47 Å². The van der Waals surface area contributed by atoms with E-state index in [9.17, 15) is 4.79 Å². The van der Waals surface area contributed by atoms with E-state index < -0.39 is 0 Å². The van der Waals surface area contributed by atoms with Crippen LogP contribution in [0.3, 0.4) is 0 Å². The van der Waals surface area contributed by atoms with Gasteiger partial charge in [0.05, 0.1) is 19.5 Å². The molecule has 2 unspecified atom stereocenters. The van der Waals surface area contributed by atoms with Crippen LogP contribution in [0.25, 0.3) is 0 Å². The number of H-pyrrole nitrogens is 1. The minimum absolute atomic E-state index is 0.221. The van der Waals surface area contributed by atoms with E-state index in [1.165, 1.54) is 13.4 Å². The Morgan fingerprint density at radius 3 is 3.18 bits per heavy atom. The van der Waals surface area contributed by atoms with Crippen LogP contribution in [0, 0.1) is 5.92 Å². The molecule has 1 aliphatic rings. The molecule has 0 spiro atoms. The number of methoxy groups -OCH3 is 1. The smallest absolute Gasteiger partial charge is 0.295 e. The molecular formula is C11H17N3O3. The summed E-state index contributed by atoms with van der Waals surface area (Å²) in [6.45, 7) is 3.59. The van der Waals surface area contributed by atoms with E-state index in [-0.39, 0.29) is 17.4 Å². The predicted molar refractivity (Wildman–Crippen MR) is 63.4 cm³/mol. The molecule has 2 atom stereocenters. The van der Waals surface area contributed by atoms with Gasteiger partial charge in [0.25, 0.3) is 5.56 Å². The van der Waals surface area contributed by atoms with Crippen LogP contribution < -0.4 is 15.6 Å². The number of anilines is 1. The summed E-state index contributed by atoms with van der Waals surface area (Å²) in [5, 5.41) is 3.14. The van der Waals surface area contributed by atoms with Gasteiger partial charge >= 0.3 is 0 Å². The minimum Gasteiger partial charge on any atom is -0.489 e. The van der Waals surface area contributed by atoms with Gasteiger partial charge in [-0.05, 0) is 13.3 Å². The Bertz CT molecular complexity index is 432. The van der Waals surface area contributed by atoms with Crippen LogP contribution in [0.1, 0.15) is 13.3 Å². The van der Waals surface area contributed by atoms with Crippen molar-refractivity contribution in [3.63, 3.8) is 0 Å². The number of hydrogen-bond donors (Lipinski definition) is 2. The van der Waals surface area contributed by atoms with Crippen LogP contribution >= 0.6 is 0 Å². The van der Waals surface area contributed by atoms with Crippen molar-refractivity contribution in [2.75, 3.05) is 25.6 Å². The number of ether oxygens (including phenoxy) is 2. The molecule has 0 aliphatic carbocycles. The highest BCUT2D eigenvalue weighted by Gasteiger charge is 2.24. The quantitative estimate of drug-likeness (QED) is 0.805. The van der Waals surface area contributed by atoms with E-state index >= 15 is 0 Å². The first-order valence-electron chi connectivity index (χ1n) is 5.69. The van der Waals surface area contributed by atoms with Gasteiger partial charge in [-0.15, -0.1) is 0 Å². The van der Waals surface area contributed by atoms with Crippen LogP contribution in [-0.4, -0.2) is 36.3 Å². The maximum absolute atomic E-state index is 11.4. The zero-order chi connectivity index (χ0) is 12.3. The molecule has 1 saturated heterocycles. The third kappa shape index (κ3) is 2.58. The summed E-state index contributed by atoms with van der Waals surface area (Å²) in [5.74, 6) is 1.15. The van der Waals surface area contributed by atoms with Gasteiger partial charge in [-0.1, -0.05) is 0 Å². The highest BCUT2D eigenvalue weighted by atomic mass is 16.5. The maximum atomic E-state index is 11.4. The number of aromatic amines is 1. The second kappa shape index (κ2) is 5.18. The fraction of sp³-hybridized carbons (Fsp3) is 0.636. The summed E-state index contributed by atoms with van der Waals surface area (Å²) < 4.78 is 10.5. The lowest BCUT2D eigenvalue weighted by Gasteiger charge is -2.15. The Hall–Kier alpha value is -1.56. The monoisotopic (exact) mass is 239 g/mol. The van der Waals surface area contributed by atoms with Gasteiger partial charge in [0, 0.05) is 19.1 Å². The van der Waals surface area contributed by atoms with Gasteiger partial charge in [-0.2, -0.15) is 0 Å². The Kier molecular flexibility index (Phi) is 3.63. The molecule has 1 aromatic rings. The van der Waals surface area contributed by atoms with E-state index in [4.69, 9.17) is 9.47 Å². The van der Waals surface area contributed by atoms with Crippen LogP contribution in [0.5, 0.6) is 5.75 Å². The highest BCUT2D eigenvalue weighted by molar-refractivity contribution is 5.47. The molecule has 6 heteroatoms. The molecule has 94 valence electrons. The first-order valence-corrected chi connectivity index (χ1v) is 5.69. The van der Waals surface area contributed by atoms with E-state index in [1.807, 2.05) is 0 Å². The summed E-state index contributed by atoms with van der Waals surface area (Å²) in [6.07, 6.45) is 2.64.